The van der Waals surface area contributed by atoms with Crippen molar-refractivity contribution in [3.8, 4) is 5.75 Å². The lowest BCUT2D eigenvalue weighted by atomic mass is 10.1. The van der Waals surface area contributed by atoms with E-state index in [0.717, 1.165) is 12.1 Å². The number of amides is 2. The topological polar surface area (TPSA) is 67.4 Å². The first kappa shape index (κ1) is 22.6. The van der Waals surface area contributed by atoms with Crippen LogP contribution in [0.15, 0.2) is 78.9 Å². The number of rotatable bonds is 6. The summed E-state index contributed by atoms with van der Waals surface area (Å²) in [6, 6.07) is 17.7. The number of carbonyl (C=O) groups excluding carboxylic acids is 2. The number of ether oxygens (including phenoxy) is 1. The van der Waals surface area contributed by atoms with Crippen molar-refractivity contribution in [2.24, 2.45) is 0 Å². The van der Waals surface area contributed by atoms with Gasteiger partial charge in [0, 0.05) is 17.3 Å². The molecule has 5 nitrogen and oxygen atoms in total. The van der Waals surface area contributed by atoms with Gasteiger partial charge in [0.1, 0.15) is 5.75 Å². The maximum Gasteiger partial charge on any atom is 0.416 e. The van der Waals surface area contributed by atoms with E-state index >= 15 is 0 Å². The van der Waals surface area contributed by atoms with Crippen molar-refractivity contribution in [3.05, 3.63) is 95.6 Å². The Morgan fingerprint density at radius 1 is 0.875 bits per heavy atom. The van der Waals surface area contributed by atoms with Crippen molar-refractivity contribution in [2.45, 2.75) is 6.18 Å². The summed E-state index contributed by atoms with van der Waals surface area (Å²) in [7, 11) is 1.51. The molecule has 164 valence electrons. The van der Waals surface area contributed by atoms with Gasteiger partial charge in [-0.25, -0.2) is 0 Å². The maximum absolute atomic E-state index is 12.6. The highest BCUT2D eigenvalue weighted by Crippen LogP contribution is 2.29. The zero-order valence-electron chi connectivity index (χ0n) is 16.9. The molecule has 32 heavy (non-hydrogen) atoms. The lowest BCUT2D eigenvalue weighted by Gasteiger charge is -2.10. The van der Waals surface area contributed by atoms with Crippen molar-refractivity contribution in [3.63, 3.8) is 0 Å². The van der Waals surface area contributed by atoms with Gasteiger partial charge in [-0.1, -0.05) is 24.3 Å². The Morgan fingerprint density at radius 2 is 1.53 bits per heavy atom. The molecule has 0 aromatic heterocycles. The Hall–Kier alpha value is -4.07. The second-order valence-corrected chi connectivity index (χ2v) is 6.67. The van der Waals surface area contributed by atoms with Gasteiger partial charge in [-0.05, 0) is 60.2 Å². The molecular weight excluding hydrogens is 421 g/mol. The maximum atomic E-state index is 12.6. The number of anilines is 2. The number of hydrogen-bond acceptors (Lipinski definition) is 3. The van der Waals surface area contributed by atoms with E-state index in [4.69, 9.17) is 4.74 Å². The molecular formula is C24H19F3N2O3. The Labute approximate surface area is 182 Å². The van der Waals surface area contributed by atoms with E-state index in [2.05, 4.69) is 10.6 Å². The summed E-state index contributed by atoms with van der Waals surface area (Å²) in [5.74, 6) is -0.268. The standard InChI is InChI=1S/C24H19F3N2O3/c1-32-21-5-3-2-4-20(21)29-23(31)17-9-13-19(14-10-17)28-22(30)15-8-16-6-11-18(12-7-16)24(25,26)27/h2-15H,1H3,(H,28,30)(H,29,31)/b15-8+. The molecule has 0 fully saturated rings. The molecule has 0 heterocycles. The smallest absolute Gasteiger partial charge is 0.416 e. The quantitative estimate of drug-likeness (QED) is 0.489. The summed E-state index contributed by atoms with van der Waals surface area (Å²) < 4.78 is 43.0. The lowest BCUT2D eigenvalue weighted by Crippen LogP contribution is -2.13. The Balaban J connectivity index is 1.58. The first-order valence-electron chi connectivity index (χ1n) is 9.47. The molecule has 0 bridgehead atoms. The largest absolute Gasteiger partial charge is 0.495 e. The van der Waals surface area contributed by atoms with Crippen LogP contribution in [0.4, 0.5) is 24.5 Å². The highest BCUT2D eigenvalue weighted by molar-refractivity contribution is 6.06. The molecule has 0 aliphatic carbocycles. The predicted molar refractivity (Wildman–Crippen MR) is 116 cm³/mol. The first-order valence-corrected chi connectivity index (χ1v) is 9.47. The summed E-state index contributed by atoms with van der Waals surface area (Å²) in [5, 5.41) is 5.38. The third-order valence-electron chi connectivity index (χ3n) is 4.43. The third kappa shape index (κ3) is 5.98. The lowest BCUT2D eigenvalue weighted by molar-refractivity contribution is -0.137. The fraction of sp³-hybridized carbons (Fsp3) is 0.0833. The first-order chi connectivity index (χ1) is 15.3. The van der Waals surface area contributed by atoms with Crippen LogP contribution in [0.3, 0.4) is 0 Å². The average molecular weight is 440 g/mol. The number of halogens is 3. The molecule has 0 radical (unpaired) electrons. The summed E-state index contributed by atoms with van der Waals surface area (Å²) in [6.07, 6.45) is -1.79. The van der Waals surface area contributed by atoms with Gasteiger partial charge in [0.2, 0.25) is 5.91 Å². The number of carbonyl (C=O) groups is 2. The van der Waals surface area contributed by atoms with E-state index in [1.54, 1.807) is 48.5 Å². The zero-order chi connectivity index (χ0) is 23.1. The Morgan fingerprint density at radius 3 is 2.16 bits per heavy atom. The van der Waals surface area contributed by atoms with E-state index in [-0.39, 0.29) is 5.91 Å². The van der Waals surface area contributed by atoms with E-state index < -0.39 is 17.6 Å². The van der Waals surface area contributed by atoms with Crippen molar-refractivity contribution >= 4 is 29.3 Å². The minimum absolute atomic E-state index is 0.338. The summed E-state index contributed by atoms with van der Waals surface area (Å²) in [6.45, 7) is 0. The fourth-order valence-electron chi connectivity index (χ4n) is 2.79. The van der Waals surface area contributed by atoms with Crippen LogP contribution in [0.5, 0.6) is 5.75 Å². The van der Waals surface area contributed by atoms with Crippen LogP contribution >= 0.6 is 0 Å². The molecule has 2 amide bonds. The Bertz CT molecular complexity index is 1120. The molecule has 8 heteroatoms. The molecule has 3 aromatic rings. The number of alkyl halides is 3. The number of para-hydroxylation sites is 2. The Kier molecular flexibility index (Phi) is 6.94. The molecule has 0 aliphatic rings. The minimum Gasteiger partial charge on any atom is -0.495 e. The highest BCUT2D eigenvalue weighted by Gasteiger charge is 2.29. The van der Waals surface area contributed by atoms with Gasteiger partial charge in [0.15, 0.2) is 0 Å². The third-order valence-corrected chi connectivity index (χ3v) is 4.43. The van der Waals surface area contributed by atoms with E-state index in [9.17, 15) is 22.8 Å². The van der Waals surface area contributed by atoms with Gasteiger partial charge in [-0.2, -0.15) is 13.2 Å². The summed E-state index contributed by atoms with van der Waals surface area (Å²) >= 11 is 0. The monoisotopic (exact) mass is 440 g/mol. The molecule has 0 unspecified atom stereocenters. The summed E-state index contributed by atoms with van der Waals surface area (Å²) in [4.78, 5) is 24.5. The van der Waals surface area contributed by atoms with Crippen molar-refractivity contribution in [1.29, 1.82) is 0 Å². The molecule has 0 spiro atoms. The van der Waals surface area contributed by atoms with E-state index in [1.165, 1.54) is 31.4 Å². The predicted octanol–water partition coefficient (Wildman–Crippen LogP) is 5.62. The second-order valence-electron chi connectivity index (χ2n) is 6.67. The second kappa shape index (κ2) is 9.82. The molecule has 0 atom stereocenters. The van der Waals surface area contributed by atoms with Crippen molar-refractivity contribution in [1.82, 2.24) is 0 Å². The van der Waals surface area contributed by atoms with Crippen LogP contribution < -0.4 is 15.4 Å². The van der Waals surface area contributed by atoms with Crippen LogP contribution in [0.25, 0.3) is 6.08 Å². The van der Waals surface area contributed by atoms with E-state index in [0.29, 0.717) is 28.3 Å². The summed E-state index contributed by atoms with van der Waals surface area (Å²) in [5.41, 5.74) is 1.08. The van der Waals surface area contributed by atoms with Crippen LogP contribution in [0.2, 0.25) is 0 Å². The van der Waals surface area contributed by atoms with Crippen molar-refractivity contribution in [2.75, 3.05) is 17.7 Å². The molecule has 3 rings (SSSR count). The number of nitrogens with one attached hydrogen (secondary N) is 2. The zero-order valence-corrected chi connectivity index (χ0v) is 16.9. The van der Waals surface area contributed by atoms with Gasteiger partial charge in [0.25, 0.3) is 5.91 Å². The molecule has 2 N–H and O–H groups in total. The average Bonchev–Trinajstić information content (AvgIpc) is 2.78. The van der Waals surface area contributed by atoms with Gasteiger partial charge in [0.05, 0.1) is 18.4 Å². The highest BCUT2D eigenvalue weighted by atomic mass is 19.4. The molecule has 0 aliphatic heterocycles. The van der Waals surface area contributed by atoms with Crippen LogP contribution in [0, 0.1) is 0 Å². The fourth-order valence-corrected chi connectivity index (χ4v) is 2.79. The van der Waals surface area contributed by atoms with Gasteiger partial charge in [-0.15, -0.1) is 0 Å². The van der Waals surface area contributed by atoms with Crippen LogP contribution in [-0.4, -0.2) is 18.9 Å². The normalized spacial score (nSPS) is 11.2. The van der Waals surface area contributed by atoms with E-state index in [1.807, 2.05) is 0 Å². The molecule has 0 saturated carbocycles. The van der Waals surface area contributed by atoms with Crippen molar-refractivity contribution < 1.29 is 27.5 Å². The molecule has 0 saturated heterocycles. The molecule has 3 aromatic carbocycles. The number of methoxy groups -OCH3 is 1. The number of hydrogen-bond donors (Lipinski definition) is 2. The van der Waals surface area contributed by atoms with Gasteiger partial charge in [-0.3, -0.25) is 9.59 Å². The minimum atomic E-state index is -4.41. The van der Waals surface area contributed by atoms with Gasteiger partial charge >= 0.3 is 6.18 Å². The van der Waals surface area contributed by atoms with Crippen LogP contribution in [-0.2, 0) is 11.0 Å². The number of benzene rings is 3. The van der Waals surface area contributed by atoms with Gasteiger partial charge < -0.3 is 15.4 Å². The SMILES string of the molecule is COc1ccccc1NC(=O)c1ccc(NC(=O)/C=C/c2ccc(C(F)(F)F)cc2)cc1. The van der Waals surface area contributed by atoms with Crippen LogP contribution in [0.1, 0.15) is 21.5 Å².